The number of nitrogens with one attached hydrogen (secondary N) is 1. The van der Waals surface area contributed by atoms with Crippen LogP contribution in [-0.2, 0) is 21.9 Å². The summed E-state index contributed by atoms with van der Waals surface area (Å²) in [5.74, 6) is 1.63. The third-order valence-electron chi connectivity index (χ3n) is 4.99. The molecule has 2 amide bonds. The lowest BCUT2D eigenvalue weighted by atomic mass is 10.1. The number of hydrogen-bond acceptors (Lipinski definition) is 4. The predicted octanol–water partition coefficient (Wildman–Crippen LogP) is 4.26. The minimum atomic E-state index is -0.560. The molecule has 5 nitrogen and oxygen atoms in total. The lowest BCUT2D eigenvalue weighted by Gasteiger charge is -2.29. The number of carbonyl (C=O) groups is 2. The van der Waals surface area contributed by atoms with Gasteiger partial charge in [0.2, 0.25) is 11.8 Å². The molecule has 0 saturated carbocycles. The van der Waals surface area contributed by atoms with Crippen molar-refractivity contribution in [2.45, 2.75) is 51.6 Å². The van der Waals surface area contributed by atoms with Crippen LogP contribution in [0.1, 0.15) is 38.3 Å². The molecule has 0 heterocycles. The minimum absolute atomic E-state index is 0.0504. The summed E-state index contributed by atoms with van der Waals surface area (Å²) in [6.45, 7) is 6.14. The van der Waals surface area contributed by atoms with Gasteiger partial charge in [0.1, 0.15) is 11.8 Å². The zero-order valence-electron chi connectivity index (χ0n) is 18.3. The second-order valence-corrected chi connectivity index (χ2v) is 8.33. The van der Waals surface area contributed by atoms with Crippen LogP contribution < -0.4 is 10.1 Å². The van der Waals surface area contributed by atoms with Crippen LogP contribution in [0.5, 0.6) is 5.75 Å². The average Bonchev–Trinajstić information content (AvgIpc) is 2.77. The highest BCUT2D eigenvalue weighted by atomic mass is 32.2. The molecule has 0 unspecified atom stereocenters. The first-order valence-electron chi connectivity index (χ1n) is 10.3. The molecule has 0 aromatic heterocycles. The number of rotatable bonds is 11. The Balaban J connectivity index is 2.09. The highest BCUT2D eigenvalue weighted by Gasteiger charge is 2.26. The van der Waals surface area contributed by atoms with Gasteiger partial charge >= 0.3 is 0 Å². The monoisotopic (exact) mass is 428 g/mol. The molecule has 2 aromatic rings. The van der Waals surface area contributed by atoms with Crippen LogP contribution in [0.2, 0.25) is 0 Å². The van der Waals surface area contributed by atoms with Crippen molar-refractivity contribution < 1.29 is 14.3 Å². The zero-order chi connectivity index (χ0) is 21.9. The Hall–Kier alpha value is -2.47. The van der Waals surface area contributed by atoms with Gasteiger partial charge in [0.15, 0.2) is 0 Å². The standard InChI is InChI=1S/C24H32N2O3S/c1-5-18(2)25-24(28)19(3)26(15-21-12-9-13-22(14-21)29-4)23(27)17-30-16-20-10-7-6-8-11-20/h6-14,18-19H,5,15-17H2,1-4H3,(H,25,28)/t18-,19-/m0/s1. The number of ether oxygens (including phenoxy) is 1. The normalized spacial score (nSPS) is 12.7. The molecule has 162 valence electrons. The summed E-state index contributed by atoms with van der Waals surface area (Å²) in [5, 5.41) is 2.99. The first kappa shape index (κ1) is 23.8. The van der Waals surface area contributed by atoms with Gasteiger partial charge in [-0.05, 0) is 43.5 Å². The maximum Gasteiger partial charge on any atom is 0.242 e. The molecule has 2 atom stereocenters. The minimum Gasteiger partial charge on any atom is -0.497 e. The summed E-state index contributed by atoms with van der Waals surface area (Å²) in [5.41, 5.74) is 2.11. The molecule has 0 fully saturated rings. The van der Waals surface area contributed by atoms with Crippen molar-refractivity contribution in [3.8, 4) is 5.75 Å². The highest BCUT2D eigenvalue weighted by molar-refractivity contribution is 7.99. The Bertz CT molecular complexity index is 813. The first-order valence-corrected chi connectivity index (χ1v) is 11.4. The summed E-state index contributed by atoms with van der Waals surface area (Å²) in [6.07, 6.45) is 0.842. The van der Waals surface area contributed by atoms with E-state index in [0.29, 0.717) is 12.3 Å². The number of amides is 2. The molecule has 0 aliphatic heterocycles. The summed E-state index contributed by atoms with van der Waals surface area (Å²) in [7, 11) is 1.62. The van der Waals surface area contributed by atoms with E-state index in [4.69, 9.17) is 4.74 Å². The van der Waals surface area contributed by atoms with Gasteiger partial charge in [0, 0.05) is 18.3 Å². The molecule has 0 radical (unpaired) electrons. The maximum absolute atomic E-state index is 13.1. The van der Waals surface area contributed by atoms with Crippen molar-refractivity contribution in [1.82, 2.24) is 10.2 Å². The van der Waals surface area contributed by atoms with Crippen LogP contribution in [0.25, 0.3) is 0 Å². The first-order chi connectivity index (χ1) is 14.4. The van der Waals surface area contributed by atoms with Crippen molar-refractivity contribution in [2.24, 2.45) is 0 Å². The molecule has 1 N–H and O–H groups in total. The Morgan fingerprint density at radius 1 is 1.07 bits per heavy atom. The second kappa shape index (κ2) is 12.3. The van der Waals surface area contributed by atoms with Crippen molar-refractivity contribution in [1.29, 1.82) is 0 Å². The number of methoxy groups -OCH3 is 1. The Kier molecular flexibility index (Phi) is 9.74. The number of thioether (sulfide) groups is 1. The van der Waals surface area contributed by atoms with Crippen LogP contribution in [0.15, 0.2) is 54.6 Å². The smallest absolute Gasteiger partial charge is 0.242 e. The number of hydrogen-bond donors (Lipinski definition) is 1. The molecular formula is C24H32N2O3S. The van der Waals surface area contributed by atoms with Gasteiger partial charge in [0.05, 0.1) is 12.9 Å². The van der Waals surface area contributed by atoms with E-state index in [9.17, 15) is 9.59 Å². The van der Waals surface area contributed by atoms with E-state index in [1.807, 2.05) is 68.4 Å². The van der Waals surface area contributed by atoms with E-state index >= 15 is 0 Å². The van der Waals surface area contributed by atoms with Gasteiger partial charge in [-0.1, -0.05) is 49.4 Å². The van der Waals surface area contributed by atoms with E-state index in [-0.39, 0.29) is 17.9 Å². The van der Waals surface area contributed by atoms with Crippen LogP contribution in [0.4, 0.5) is 0 Å². The third kappa shape index (κ3) is 7.41. The molecule has 0 aliphatic rings. The van der Waals surface area contributed by atoms with E-state index in [2.05, 4.69) is 5.32 Å². The molecule has 0 saturated heterocycles. The molecule has 6 heteroatoms. The van der Waals surface area contributed by atoms with Gasteiger partial charge in [-0.2, -0.15) is 0 Å². The molecule has 0 spiro atoms. The molecule has 30 heavy (non-hydrogen) atoms. The van der Waals surface area contributed by atoms with Gasteiger partial charge in [-0.25, -0.2) is 0 Å². The van der Waals surface area contributed by atoms with E-state index in [1.54, 1.807) is 30.7 Å². The SMILES string of the molecule is CC[C@H](C)NC(=O)[C@H](C)N(Cc1cccc(OC)c1)C(=O)CSCc1ccccc1. The summed E-state index contributed by atoms with van der Waals surface area (Å²) >= 11 is 1.56. The largest absolute Gasteiger partial charge is 0.497 e. The van der Waals surface area contributed by atoms with Gasteiger partial charge in [0.25, 0.3) is 0 Å². The number of benzene rings is 2. The summed E-state index contributed by atoms with van der Waals surface area (Å²) in [6, 6.07) is 17.2. The number of carbonyl (C=O) groups excluding carboxylic acids is 2. The van der Waals surface area contributed by atoms with E-state index in [1.165, 1.54) is 5.56 Å². The Morgan fingerprint density at radius 2 is 1.77 bits per heavy atom. The number of nitrogens with zero attached hydrogens (tertiary/aromatic N) is 1. The van der Waals surface area contributed by atoms with E-state index in [0.717, 1.165) is 23.5 Å². The molecular weight excluding hydrogens is 396 g/mol. The van der Waals surface area contributed by atoms with E-state index < -0.39 is 6.04 Å². The molecule has 0 aliphatic carbocycles. The fourth-order valence-electron chi connectivity index (χ4n) is 2.93. The summed E-state index contributed by atoms with van der Waals surface area (Å²) in [4.78, 5) is 27.5. The topological polar surface area (TPSA) is 58.6 Å². The van der Waals surface area contributed by atoms with Crippen molar-refractivity contribution in [3.05, 3.63) is 65.7 Å². The third-order valence-corrected chi connectivity index (χ3v) is 5.98. The van der Waals surface area contributed by atoms with Crippen LogP contribution in [0.3, 0.4) is 0 Å². The second-order valence-electron chi connectivity index (χ2n) is 7.35. The van der Waals surface area contributed by atoms with Crippen LogP contribution in [0, 0.1) is 0 Å². The zero-order valence-corrected chi connectivity index (χ0v) is 19.1. The molecule has 2 rings (SSSR count). The molecule has 0 bridgehead atoms. The van der Waals surface area contributed by atoms with Gasteiger partial charge in [-0.15, -0.1) is 11.8 Å². The van der Waals surface area contributed by atoms with Gasteiger partial charge < -0.3 is 15.0 Å². The molecule has 2 aromatic carbocycles. The lowest BCUT2D eigenvalue weighted by molar-refractivity contribution is -0.138. The van der Waals surface area contributed by atoms with Gasteiger partial charge in [-0.3, -0.25) is 9.59 Å². The maximum atomic E-state index is 13.1. The fourth-order valence-corrected chi connectivity index (χ4v) is 3.80. The highest BCUT2D eigenvalue weighted by Crippen LogP contribution is 2.18. The Morgan fingerprint density at radius 3 is 2.43 bits per heavy atom. The lowest BCUT2D eigenvalue weighted by Crippen LogP contribution is -2.50. The van der Waals surface area contributed by atoms with Crippen LogP contribution >= 0.6 is 11.8 Å². The van der Waals surface area contributed by atoms with Crippen LogP contribution in [-0.4, -0.2) is 41.7 Å². The fraction of sp³-hybridized carbons (Fsp3) is 0.417. The average molecular weight is 429 g/mol. The summed E-state index contributed by atoms with van der Waals surface area (Å²) < 4.78 is 5.30. The van der Waals surface area contributed by atoms with Crippen molar-refractivity contribution in [2.75, 3.05) is 12.9 Å². The van der Waals surface area contributed by atoms with Crippen molar-refractivity contribution >= 4 is 23.6 Å². The predicted molar refractivity (Wildman–Crippen MR) is 124 cm³/mol. The quantitative estimate of drug-likeness (QED) is 0.581. The van der Waals surface area contributed by atoms with Crippen molar-refractivity contribution in [3.63, 3.8) is 0 Å². The Labute approximate surface area is 184 Å².